The maximum atomic E-state index is 13.0. The molecule has 0 bridgehead atoms. The van der Waals surface area contributed by atoms with Gasteiger partial charge in [0.05, 0.1) is 19.8 Å². The summed E-state index contributed by atoms with van der Waals surface area (Å²) in [6.45, 7) is 4.88. The number of H-pyrrole nitrogens is 1. The van der Waals surface area contributed by atoms with Gasteiger partial charge in [0.15, 0.2) is 0 Å². The Morgan fingerprint density at radius 1 is 1.20 bits per heavy atom. The normalized spacial score (nSPS) is 18.0. The van der Waals surface area contributed by atoms with Crippen molar-refractivity contribution < 1.29 is 14.3 Å². The molecule has 0 spiro atoms. The summed E-state index contributed by atoms with van der Waals surface area (Å²) in [7, 11) is 0. The van der Waals surface area contributed by atoms with Crippen molar-refractivity contribution in [3.8, 4) is 0 Å². The molecule has 2 heterocycles. The SMILES string of the molecule is O=C(NCC(=O)N(CCN1CCOCC1)C1CCCC1)c1cc2cc(Cl)ccc2[nH]1. The number of nitrogens with zero attached hydrogens (tertiary/aromatic N) is 2. The van der Waals surface area contributed by atoms with Crippen molar-refractivity contribution in [2.75, 3.05) is 45.9 Å². The maximum absolute atomic E-state index is 13.0. The van der Waals surface area contributed by atoms with E-state index in [1.807, 2.05) is 17.0 Å². The minimum atomic E-state index is -0.282. The number of fused-ring (bicyclic) bond motifs is 1. The van der Waals surface area contributed by atoms with E-state index in [2.05, 4.69) is 15.2 Å². The molecule has 0 radical (unpaired) electrons. The highest BCUT2D eigenvalue weighted by Gasteiger charge is 2.27. The molecule has 0 atom stereocenters. The monoisotopic (exact) mass is 432 g/mol. The zero-order valence-corrected chi connectivity index (χ0v) is 17.9. The number of carbonyl (C=O) groups excluding carboxylic acids is 2. The fraction of sp³-hybridized carbons (Fsp3) is 0.545. The predicted octanol–water partition coefficient (Wildman–Crippen LogP) is 2.65. The molecule has 8 heteroatoms. The molecule has 30 heavy (non-hydrogen) atoms. The van der Waals surface area contributed by atoms with Gasteiger partial charge in [-0.2, -0.15) is 0 Å². The van der Waals surface area contributed by atoms with Crippen molar-refractivity contribution in [1.29, 1.82) is 0 Å². The minimum Gasteiger partial charge on any atom is -0.379 e. The van der Waals surface area contributed by atoms with Crippen LogP contribution in [0, 0.1) is 0 Å². The summed E-state index contributed by atoms with van der Waals surface area (Å²) >= 11 is 6.02. The fourth-order valence-corrected chi connectivity index (χ4v) is 4.56. The zero-order valence-electron chi connectivity index (χ0n) is 17.2. The van der Waals surface area contributed by atoms with E-state index in [9.17, 15) is 9.59 Å². The summed E-state index contributed by atoms with van der Waals surface area (Å²) in [4.78, 5) is 33.0. The van der Waals surface area contributed by atoms with Crippen LogP contribution in [0.5, 0.6) is 0 Å². The minimum absolute atomic E-state index is 0.00850. The van der Waals surface area contributed by atoms with Crippen LogP contribution in [-0.2, 0) is 9.53 Å². The molecule has 2 N–H and O–H groups in total. The quantitative estimate of drug-likeness (QED) is 0.705. The average molecular weight is 433 g/mol. The summed E-state index contributed by atoms with van der Waals surface area (Å²) in [5.74, 6) is -0.294. The molecule has 1 aromatic heterocycles. The first-order valence-electron chi connectivity index (χ1n) is 10.8. The van der Waals surface area contributed by atoms with Crippen molar-refractivity contribution in [2.24, 2.45) is 0 Å². The van der Waals surface area contributed by atoms with Gasteiger partial charge in [-0.25, -0.2) is 0 Å². The molecular formula is C22H29ClN4O3. The van der Waals surface area contributed by atoms with Gasteiger partial charge in [0.25, 0.3) is 5.91 Å². The molecule has 4 rings (SSSR count). The third-order valence-electron chi connectivity index (χ3n) is 6.07. The Kier molecular flexibility index (Phi) is 6.92. The van der Waals surface area contributed by atoms with Crippen LogP contribution in [0.2, 0.25) is 5.02 Å². The first-order chi connectivity index (χ1) is 14.6. The summed E-state index contributed by atoms with van der Waals surface area (Å²) in [6.07, 6.45) is 4.42. The van der Waals surface area contributed by atoms with E-state index in [1.54, 1.807) is 12.1 Å². The Morgan fingerprint density at radius 3 is 2.73 bits per heavy atom. The van der Waals surface area contributed by atoms with E-state index in [1.165, 1.54) is 0 Å². The van der Waals surface area contributed by atoms with Crippen LogP contribution in [0.1, 0.15) is 36.2 Å². The molecule has 1 saturated carbocycles. The van der Waals surface area contributed by atoms with Gasteiger partial charge in [-0.15, -0.1) is 0 Å². The number of halogens is 1. The number of hydrogen-bond donors (Lipinski definition) is 2. The fourth-order valence-electron chi connectivity index (χ4n) is 4.38. The second kappa shape index (κ2) is 9.81. The topological polar surface area (TPSA) is 77.7 Å². The van der Waals surface area contributed by atoms with Crippen LogP contribution in [0.15, 0.2) is 24.3 Å². The molecule has 2 fully saturated rings. The van der Waals surface area contributed by atoms with Crippen LogP contribution >= 0.6 is 11.6 Å². The number of carbonyl (C=O) groups is 2. The Morgan fingerprint density at radius 2 is 1.97 bits per heavy atom. The molecule has 1 aromatic carbocycles. The molecule has 1 aliphatic carbocycles. The summed E-state index contributed by atoms with van der Waals surface area (Å²) in [5.41, 5.74) is 1.27. The third kappa shape index (κ3) is 5.14. The van der Waals surface area contributed by atoms with E-state index in [4.69, 9.17) is 16.3 Å². The third-order valence-corrected chi connectivity index (χ3v) is 6.31. The highest BCUT2D eigenvalue weighted by molar-refractivity contribution is 6.31. The van der Waals surface area contributed by atoms with Gasteiger partial charge in [-0.05, 0) is 37.1 Å². The molecule has 2 aliphatic rings. The number of amides is 2. The van der Waals surface area contributed by atoms with Gasteiger partial charge in [0.2, 0.25) is 5.91 Å². The number of aromatic amines is 1. The van der Waals surface area contributed by atoms with Crippen LogP contribution in [0.25, 0.3) is 10.9 Å². The first-order valence-corrected chi connectivity index (χ1v) is 11.1. The van der Waals surface area contributed by atoms with E-state index < -0.39 is 0 Å². The second-order valence-electron chi connectivity index (χ2n) is 8.08. The zero-order chi connectivity index (χ0) is 20.9. The number of hydrogen-bond acceptors (Lipinski definition) is 4. The lowest BCUT2D eigenvalue weighted by Crippen LogP contribution is -2.49. The average Bonchev–Trinajstić information content (AvgIpc) is 3.42. The van der Waals surface area contributed by atoms with Gasteiger partial charge in [0, 0.05) is 48.1 Å². The van der Waals surface area contributed by atoms with Gasteiger partial charge in [-0.3, -0.25) is 14.5 Å². The lowest BCUT2D eigenvalue weighted by atomic mass is 10.2. The number of nitrogens with one attached hydrogen (secondary N) is 2. The molecule has 2 aromatic rings. The Bertz CT molecular complexity index is 888. The highest BCUT2D eigenvalue weighted by atomic mass is 35.5. The predicted molar refractivity (Wildman–Crippen MR) is 117 cm³/mol. The molecule has 2 amide bonds. The van der Waals surface area contributed by atoms with Gasteiger partial charge in [-0.1, -0.05) is 24.4 Å². The van der Waals surface area contributed by atoms with E-state index in [0.717, 1.165) is 69.4 Å². The number of benzene rings is 1. The van der Waals surface area contributed by atoms with Crippen molar-refractivity contribution in [3.63, 3.8) is 0 Å². The Labute approximate surface area is 181 Å². The number of ether oxygens (including phenoxy) is 1. The molecule has 0 unspecified atom stereocenters. The maximum Gasteiger partial charge on any atom is 0.268 e. The first kappa shape index (κ1) is 21.2. The molecule has 7 nitrogen and oxygen atoms in total. The van der Waals surface area contributed by atoms with Crippen LogP contribution in [0.4, 0.5) is 0 Å². The van der Waals surface area contributed by atoms with E-state index in [-0.39, 0.29) is 24.4 Å². The largest absolute Gasteiger partial charge is 0.379 e. The van der Waals surface area contributed by atoms with Gasteiger partial charge < -0.3 is 19.9 Å². The summed E-state index contributed by atoms with van der Waals surface area (Å²) < 4.78 is 5.41. The van der Waals surface area contributed by atoms with Crippen LogP contribution < -0.4 is 5.32 Å². The van der Waals surface area contributed by atoms with E-state index in [0.29, 0.717) is 17.3 Å². The van der Waals surface area contributed by atoms with Crippen LogP contribution in [-0.4, -0.2) is 78.6 Å². The smallest absolute Gasteiger partial charge is 0.268 e. The second-order valence-corrected chi connectivity index (χ2v) is 8.51. The lowest BCUT2D eigenvalue weighted by molar-refractivity contribution is -0.132. The lowest BCUT2D eigenvalue weighted by Gasteiger charge is -2.33. The Balaban J connectivity index is 1.35. The standard InChI is InChI=1S/C22H29ClN4O3/c23-17-5-6-19-16(13-17)14-20(25-19)22(29)24-15-21(28)27(18-3-1-2-4-18)8-7-26-9-11-30-12-10-26/h5-6,13-14,18,25H,1-4,7-12,15H2,(H,24,29). The van der Waals surface area contributed by atoms with Crippen molar-refractivity contribution >= 4 is 34.3 Å². The highest BCUT2D eigenvalue weighted by Crippen LogP contribution is 2.24. The van der Waals surface area contributed by atoms with Crippen molar-refractivity contribution in [2.45, 2.75) is 31.7 Å². The number of aromatic nitrogens is 1. The molecule has 1 saturated heterocycles. The molecule has 1 aliphatic heterocycles. The molecule has 162 valence electrons. The van der Waals surface area contributed by atoms with Gasteiger partial charge >= 0.3 is 0 Å². The summed E-state index contributed by atoms with van der Waals surface area (Å²) in [6, 6.07) is 7.47. The summed E-state index contributed by atoms with van der Waals surface area (Å²) in [5, 5.41) is 4.28. The van der Waals surface area contributed by atoms with E-state index >= 15 is 0 Å². The Hall–Kier alpha value is -2.09. The van der Waals surface area contributed by atoms with Crippen molar-refractivity contribution in [3.05, 3.63) is 35.0 Å². The molecular weight excluding hydrogens is 404 g/mol. The van der Waals surface area contributed by atoms with Crippen LogP contribution in [0.3, 0.4) is 0 Å². The number of morpholine rings is 1. The van der Waals surface area contributed by atoms with Gasteiger partial charge in [0.1, 0.15) is 5.69 Å². The van der Waals surface area contributed by atoms with Crippen molar-refractivity contribution in [1.82, 2.24) is 20.1 Å². The number of rotatable bonds is 7.